The van der Waals surface area contributed by atoms with Gasteiger partial charge in [-0.1, -0.05) is 41.8 Å². The van der Waals surface area contributed by atoms with E-state index in [4.69, 9.17) is 4.74 Å². The monoisotopic (exact) mass is 327 g/mol. The van der Waals surface area contributed by atoms with E-state index in [1.54, 1.807) is 18.2 Å². The molecular weight excluding hydrogens is 310 g/mol. The minimum atomic E-state index is -0.587. The third-order valence-corrected chi connectivity index (χ3v) is 3.22. The van der Waals surface area contributed by atoms with E-state index in [0.717, 1.165) is 17.3 Å². The van der Waals surface area contributed by atoms with Crippen LogP contribution in [0.1, 0.15) is 36.5 Å². The van der Waals surface area contributed by atoms with Gasteiger partial charge in [0.25, 0.3) is 5.91 Å². The molecule has 0 saturated heterocycles. The number of esters is 1. The number of carbonyl (C=O) groups excluding carboxylic acids is 2. The summed E-state index contributed by atoms with van der Waals surface area (Å²) in [5.41, 5.74) is 0.514. The first-order chi connectivity index (χ1) is 9.08. The zero-order chi connectivity index (χ0) is 14.3. The SMILES string of the molecule is CCCCC(NC(=O)c1cccc(Br)c1)C(=O)OC. The van der Waals surface area contributed by atoms with Gasteiger partial charge in [-0.25, -0.2) is 4.79 Å². The summed E-state index contributed by atoms with van der Waals surface area (Å²) in [6.45, 7) is 2.03. The molecule has 0 bridgehead atoms. The number of benzene rings is 1. The van der Waals surface area contributed by atoms with E-state index in [1.807, 2.05) is 13.0 Å². The van der Waals surface area contributed by atoms with Crippen LogP contribution in [0.2, 0.25) is 0 Å². The van der Waals surface area contributed by atoms with E-state index in [2.05, 4.69) is 21.2 Å². The molecule has 1 unspecified atom stereocenters. The Morgan fingerprint density at radius 3 is 2.74 bits per heavy atom. The van der Waals surface area contributed by atoms with Gasteiger partial charge in [0.05, 0.1) is 7.11 Å². The summed E-state index contributed by atoms with van der Waals surface area (Å²) in [6, 6.07) is 6.44. The molecule has 1 aromatic rings. The first-order valence-electron chi connectivity index (χ1n) is 6.22. The van der Waals surface area contributed by atoms with E-state index in [-0.39, 0.29) is 5.91 Å². The lowest BCUT2D eigenvalue weighted by Crippen LogP contribution is -2.41. The highest BCUT2D eigenvalue weighted by atomic mass is 79.9. The van der Waals surface area contributed by atoms with Gasteiger partial charge in [-0.2, -0.15) is 0 Å². The molecule has 1 atom stereocenters. The molecule has 104 valence electrons. The lowest BCUT2D eigenvalue weighted by molar-refractivity contribution is -0.143. The Morgan fingerprint density at radius 2 is 2.16 bits per heavy atom. The summed E-state index contributed by atoms with van der Waals surface area (Å²) in [5, 5.41) is 2.71. The van der Waals surface area contributed by atoms with Gasteiger partial charge in [-0.05, 0) is 24.6 Å². The molecule has 0 saturated carbocycles. The quantitative estimate of drug-likeness (QED) is 0.817. The Labute approximate surface area is 121 Å². The molecule has 1 amide bonds. The minimum Gasteiger partial charge on any atom is -0.467 e. The Hall–Kier alpha value is -1.36. The Kier molecular flexibility index (Phi) is 6.56. The van der Waals surface area contributed by atoms with Crippen LogP contribution < -0.4 is 5.32 Å². The van der Waals surface area contributed by atoms with Crippen molar-refractivity contribution in [3.05, 3.63) is 34.3 Å². The normalized spacial score (nSPS) is 11.7. The summed E-state index contributed by atoms with van der Waals surface area (Å²) in [6.07, 6.45) is 2.40. The Balaban J connectivity index is 2.72. The van der Waals surface area contributed by atoms with Crippen molar-refractivity contribution >= 4 is 27.8 Å². The smallest absolute Gasteiger partial charge is 0.328 e. The maximum absolute atomic E-state index is 12.1. The fraction of sp³-hybridized carbons (Fsp3) is 0.429. The van der Waals surface area contributed by atoms with Crippen molar-refractivity contribution in [3.63, 3.8) is 0 Å². The minimum absolute atomic E-state index is 0.271. The van der Waals surface area contributed by atoms with Crippen molar-refractivity contribution in [2.45, 2.75) is 32.2 Å². The van der Waals surface area contributed by atoms with Crippen LogP contribution in [0, 0.1) is 0 Å². The number of methoxy groups -OCH3 is 1. The molecule has 4 nitrogen and oxygen atoms in total. The molecule has 1 aromatic carbocycles. The second kappa shape index (κ2) is 7.94. The summed E-state index contributed by atoms with van der Waals surface area (Å²) in [7, 11) is 1.33. The van der Waals surface area contributed by atoms with Crippen molar-refractivity contribution in [2.24, 2.45) is 0 Å². The highest BCUT2D eigenvalue weighted by Gasteiger charge is 2.21. The predicted octanol–water partition coefficient (Wildman–Crippen LogP) is 2.91. The number of amides is 1. The molecule has 1 N–H and O–H groups in total. The van der Waals surface area contributed by atoms with Gasteiger partial charge in [-0.15, -0.1) is 0 Å². The standard InChI is InChI=1S/C14H18BrNO3/c1-3-4-8-12(14(18)19-2)16-13(17)10-6-5-7-11(15)9-10/h5-7,9,12H,3-4,8H2,1-2H3,(H,16,17). The number of halogens is 1. The van der Waals surface area contributed by atoms with Crippen molar-refractivity contribution in [1.82, 2.24) is 5.32 Å². The molecule has 1 rings (SSSR count). The van der Waals surface area contributed by atoms with E-state index < -0.39 is 12.0 Å². The van der Waals surface area contributed by atoms with Gasteiger partial charge in [-0.3, -0.25) is 4.79 Å². The van der Waals surface area contributed by atoms with Gasteiger partial charge >= 0.3 is 5.97 Å². The predicted molar refractivity (Wildman–Crippen MR) is 76.9 cm³/mol. The molecule has 0 aliphatic carbocycles. The van der Waals surface area contributed by atoms with Crippen LogP contribution in [0.3, 0.4) is 0 Å². The number of ether oxygens (including phenoxy) is 1. The van der Waals surface area contributed by atoms with Gasteiger partial charge in [0.2, 0.25) is 0 Å². The van der Waals surface area contributed by atoms with Crippen LogP contribution in [0.5, 0.6) is 0 Å². The van der Waals surface area contributed by atoms with E-state index in [0.29, 0.717) is 12.0 Å². The number of hydrogen-bond acceptors (Lipinski definition) is 3. The number of nitrogens with one attached hydrogen (secondary N) is 1. The molecule has 0 fully saturated rings. The molecule has 0 heterocycles. The highest BCUT2D eigenvalue weighted by molar-refractivity contribution is 9.10. The van der Waals surface area contributed by atoms with Crippen LogP contribution in [-0.4, -0.2) is 25.0 Å². The Morgan fingerprint density at radius 1 is 1.42 bits per heavy atom. The average molecular weight is 328 g/mol. The van der Waals surface area contributed by atoms with Crippen molar-refractivity contribution < 1.29 is 14.3 Å². The Bertz CT molecular complexity index is 448. The lowest BCUT2D eigenvalue weighted by atomic mass is 10.1. The first kappa shape index (κ1) is 15.7. The fourth-order valence-electron chi connectivity index (χ4n) is 1.67. The van der Waals surface area contributed by atoms with Crippen LogP contribution in [0.25, 0.3) is 0 Å². The maximum atomic E-state index is 12.1. The van der Waals surface area contributed by atoms with Crippen LogP contribution in [0.4, 0.5) is 0 Å². The van der Waals surface area contributed by atoms with E-state index in [9.17, 15) is 9.59 Å². The summed E-state index contributed by atoms with van der Waals surface area (Å²) < 4.78 is 5.53. The third-order valence-electron chi connectivity index (χ3n) is 2.72. The zero-order valence-electron chi connectivity index (χ0n) is 11.1. The van der Waals surface area contributed by atoms with E-state index in [1.165, 1.54) is 7.11 Å². The summed E-state index contributed by atoms with van der Waals surface area (Å²) in [5.74, 6) is -0.676. The zero-order valence-corrected chi connectivity index (χ0v) is 12.7. The molecule has 0 radical (unpaired) electrons. The first-order valence-corrected chi connectivity index (χ1v) is 7.02. The highest BCUT2D eigenvalue weighted by Crippen LogP contribution is 2.12. The molecule has 0 aromatic heterocycles. The molecule has 0 aliphatic heterocycles. The fourth-order valence-corrected chi connectivity index (χ4v) is 2.07. The van der Waals surface area contributed by atoms with Crippen LogP contribution in [-0.2, 0) is 9.53 Å². The van der Waals surface area contributed by atoms with Gasteiger partial charge in [0.1, 0.15) is 6.04 Å². The topological polar surface area (TPSA) is 55.4 Å². The number of carbonyl (C=O) groups is 2. The average Bonchev–Trinajstić information content (AvgIpc) is 2.42. The lowest BCUT2D eigenvalue weighted by Gasteiger charge is -2.16. The molecule has 0 spiro atoms. The second-order valence-electron chi connectivity index (χ2n) is 4.20. The molecule has 5 heteroatoms. The molecular formula is C14H18BrNO3. The third kappa shape index (κ3) is 5.03. The largest absolute Gasteiger partial charge is 0.467 e. The van der Waals surface area contributed by atoms with E-state index >= 15 is 0 Å². The molecule has 19 heavy (non-hydrogen) atoms. The van der Waals surface area contributed by atoms with Gasteiger partial charge < -0.3 is 10.1 Å². The van der Waals surface area contributed by atoms with Crippen molar-refractivity contribution in [3.8, 4) is 0 Å². The van der Waals surface area contributed by atoms with Gasteiger partial charge in [0, 0.05) is 10.0 Å². The van der Waals surface area contributed by atoms with Crippen molar-refractivity contribution in [1.29, 1.82) is 0 Å². The van der Waals surface area contributed by atoms with Crippen LogP contribution >= 0.6 is 15.9 Å². The van der Waals surface area contributed by atoms with Gasteiger partial charge in [0.15, 0.2) is 0 Å². The number of hydrogen-bond donors (Lipinski definition) is 1. The number of unbranched alkanes of at least 4 members (excludes halogenated alkanes) is 1. The van der Waals surface area contributed by atoms with Crippen LogP contribution in [0.15, 0.2) is 28.7 Å². The second-order valence-corrected chi connectivity index (χ2v) is 5.12. The van der Waals surface area contributed by atoms with Crippen molar-refractivity contribution in [2.75, 3.05) is 7.11 Å². The molecule has 0 aliphatic rings. The summed E-state index contributed by atoms with van der Waals surface area (Å²) >= 11 is 3.31. The maximum Gasteiger partial charge on any atom is 0.328 e. The summed E-state index contributed by atoms with van der Waals surface area (Å²) in [4.78, 5) is 23.7. The number of rotatable bonds is 6.